The van der Waals surface area contributed by atoms with Gasteiger partial charge < -0.3 is 15.0 Å². The molecule has 2 aliphatic carbocycles. The molecule has 1 aromatic rings. The standard InChI is InChI=1S/C22H26N2O4/c25-20(18-14-11-16-17(12-14)28-22(27)19(16)18)23-15-7-5-13(6-8-15)21(26)24-9-3-1-2-4-10-24/h5-8,14,16-19H,1-4,9-12H2,(H,23,25)/t14-,16-,17-,18+,19+/m1/s1. The first kappa shape index (κ1) is 17.7. The minimum Gasteiger partial charge on any atom is -0.462 e. The molecule has 2 aliphatic heterocycles. The predicted molar refractivity (Wildman–Crippen MR) is 103 cm³/mol. The van der Waals surface area contributed by atoms with E-state index in [1.807, 2.05) is 4.90 Å². The number of hydrogen-bond donors (Lipinski definition) is 1. The molecule has 28 heavy (non-hydrogen) atoms. The third-order valence-corrected chi connectivity index (χ3v) is 7.08. The van der Waals surface area contributed by atoms with Gasteiger partial charge in [0.2, 0.25) is 5.91 Å². The van der Waals surface area contributed by atoms with E-state index in [1.165, 1.54) is 12.8 Å². The first-order valence-electron chi connectivity index (χ1n) is 10.5. The van der Waals surface area contributed by atoms with Crippen LogP contribution in [0.3, 0.4) is 0 Å². The maximum atomic E-state index is 12.8. The van der Waals surface area contributed by atoms with Crippen LogP contribution >= 0.6 is 0 Å². The first-order valence-corrected chi connectivity index (χ1v) is 10.5. The molecule has 0 spiro atoms. The Balaban J connectivity index is 1.25. The highest BCUT2D eigenvalue weighted by molar-refractivity contribution is 5.98. The van der Waals surface area contributed by atoms with Gasteiger partial charge in [-0.15, -0.1) is 0 Å². The van der Waals surface area contributed by atoms with E-state index in [-0.39, 0.29) is 47.6 Å². The second-order valence-electron chi connectivity index (χ2n) is 8.70. The predicted octanol–water partition coefficient (Wildman–Crippen LogP) is 2.84. The molecule has 2 bridgehead atoms. The van der Waals surface area contributed by atoms with E-state index in [0.29, 0.717) is 11.3 Å². The molecule has 6 nitrogen and oxygen atoms in total. The lowest BCUT2D eigenvalue weighted by atomic mass is 9.79. The average molecular weight is 382 g/mol. The van der Waals surface area contributed by atoms with Crippen molar-refractivity contribution in [3.05, 3.63) is 29.8 Å². The van der Waals surface area contributed by atoms with Gasteiger partial charge in [-0.2, -0.15) is 0 Å². The summed E-state index contributed by atoms with van der Waals surface area (Å²) in [4.78, 5) is 39.6. The average Bonchev–Trinajstić information content (AvgIpc) is 3.21. The topological polar surface area (TPSA) is 75.7 Å². The molecule has 0 radical (unpaired) electrons. The highest BCUT2D eigenvalue weighted by Gasteiger charge is 2.63. The fraction of sp³-hybridized carbons (Fsp3) is 0.591. The fourth-order valence-corrected chi connectivity index (χ4v) is 5.74. The molecule has 1 aromatic carbocycles. The maximum Gasteiger partial charge on any atom is 0.310 e. The van der Waals surface area contributed by atoms with Gasteiger partial charge in [0.15, 0.2) is 0 Å². The zero-order valence-electron chi connectivity index (χ0n) is 15.9. The van der Waals surface area contributed by atoms with Crippen LogP contribution in [-0.4, -0.2) is 41.9 Å². The van der Waals surface area contributed by atoms with Gasteiger partial charge in [-0.1, -0.05) is 12.8 Å². The molecule has 148 valence electrons. The van der Waals surface area contributed by atoms with E-state index in [9.17, 15) is 14.4 Å². The van der Waals surface area contributed by atoms with E-state index in [0.717, 1.165) is 38.8 Å². The quantitative estimate of drug-likeness (QED) is 0.816. The van der Waals surface area contributed by atoms with Crippen LogP contribution in [-0.2, 0) is 14.3 Å². The Morgan fingerprint density at radius 2 is 1.71 bits per heavy atom. The summed E-state index contributed by atoms with van der Waals surface area (Å²) >= 11 is 0. The van der Waals surface area contributed by atoms with Gasteiger partial charge in [-0.25, -0.2) is 0 Å². The molecule has 2 amide bonds. The highest BCUT2D eigenvalue weighted by Crippen LogP contribution is 2.57. The van der Waals surface area contributed by atoms with Crippen molar-refractivity contribution in [2.45, 2.75) is 44.6 Å². The number of fused-ring (bicyclic) bond motifs is 1. The minimum atomic E-state index is -0.283. The molecular formula is C22H26N2O4. The van der Waals surface area contributed by atoms with Crippen molar-refractivity contribution in [1.82, 2.24) is 4.90 Å². The molecule has 4 aliphatic rings. The molecule has 6 heteroatoms. The Labute approximate surface area is 164 Å². The Hall–Kier alpha value is -2.37. The number of nitrogens with zero attached hydrogens (tertiary/aromatic N) is 1. The zero-order valence-corrected chi connectivity index (χ0v) is 15.9. The number of esters is 1. The smallest absolute Gasteiger partial charge is 0.310 e. The van der Waals surface area contributed by atoms with E-state index in [2.05, 4.69) is 5.32 Å². The Kier molecular flexibility index (Phi) is 4.37. The monoisotopic (exact) mass is 382 g/mol. The molecule has 2 saturated carbocycles. The van der Waals surface area contributed by atoms with Crippen molar-refractivity contribution in [1.29, 1.82) is 0 Å². The summed E-state index contributed by atoms with van der Waals surface area (Å²) in [5.74, 6) is -0.318. The van der Waals surface area contributed by atoms with Crippen LogP contribution in [0.25, 0.3) is 0 Å². The van der Waals surface area contributed by atoms with Crippen molar-refractivity contribution < 1.29 is 19.1 Å². The van der Waals surface area contributed by atoms with Crippen LogP contribution in [0.5, 0.6) is 0 Å². The van der Waals surface area contributed by atoms with Gasteiger partial charge in [0.05, 0.1) is 11.8 Å². The molecule has 2 heterocycles. The number of anilines is 1. The Bertz CT molecular complexity index is 795. The van der Waals surface area contributed by atoms with Gasteiger partial charge in [-0.05, 0) is 55.9 Å². The van der Waals surface area contributed by atoms with Gasteiger partial charge >= 0.3 is 5.97 Å². The van der Waals surface area contributed by atoms with E-state index in [1.54, 1.807) is 24.3 Å². The molecule has 1 N–H and O–H groups in total. The summed E-state index contributed by atoms with van der Waals surface area (Å²) in [7, 11) is 0. The van der Waals surface area contributed by atoms with Crippen molar-refractivity contribution in [3.8, 4) is 0 Å². The summed E-state index contributed by atoms with van der Waals surface area (Å²) in [6.45, 7) is 1.64. The van der Waals surface area contributed by atoms with Crippen LogP contribution in [0, 0.1) is 23.7 Å². The Morgan fingerprint density at radius 3 is 2.43 bits per heavy atom. The SMILES string of the molecule is O=C(Nc1ccc(C(=O)N2CCCCCC2)cc1)[C@H]1[C@@H]2C[C@H]3[C@@H]1C(=O)O[C@@H]3C2. The largest absolute Gasteiger partial charge is 0.462 e. The number of ether oxygens (including phenoxy) is 1. The third kappa shape index (κ3) is 2.90. The fourth-order valence-electron chi connectivity index (χ4n) is 5.74. The molecular weight excluding hydrogens is 356 g/mol. The van der Waals surface area contributed by atoms with Crippen molar-refractivity contribution in [3.63, 3.8) is 0 Å². The number of amides is 2. The molecule has 5 atom stereocenters. The summed E-state index contributed by atoms with van der Waals surface area (Å²) < 4.78 is 5.42. The van der Waals surface area contributed by atoms with Crippen molar-refractivity contribution in [2.24, 2.45) is 23.7 Å². The number of hydrogen-bond acceptors (Lipinski definition) is 4. The second kappa shape index (κ2) is 6.90. The molecule has 2 saturated heterocycles. The van der Waals surface area contributed by atoms with Gasteiger partial charge in [-0.3, -0.25) is 14.4 Å². The molecule has 0 unspecified atom stereocenters. The van der Waals surface area contributed by atoms with Gasteiger partial charge in [0.1, 0.15) is 6.10 Å². The molecule has 0 aromatic heterocycles. The van der Waals surface area contributed by atoms with Crippen molar-refractivity contribution in [2.75, 3.05) is 18.4 Å². The summed E-state index contributed by atoms with van der Waals surface area (Å²) in [5, 5.41) is 2.96. The van der Waals surface area contributed by atoms with E-state index < -0.39 is 0 Å². The Morgan fingerprint density at radius 1 is 1.00 bits per heavy atom. The lowest BCUT2D eigenvalue weighted by Crippen LogP contribution is -2.35. The number of carbonyl (C=O) groups is 3. The number of likely N-dealkylation sites (tertiary alicyclic amines) is 1. The van der Waals surface area contributed by atoms with Crippen LogP contribution in [0.4, 0.5) is 5.69 Å². The van der Waals surface area contributed by atoms with E-state index in [4.69, 9.17) is 4.74 Å². The summed E-state index contributed by atoms with van der Waals surface area (Å²) in [6.07, 6.45) is 6.27. The van der Waals surface area contributed by atoms with Crippen LogP contribution < -0.4 is 5.32 Å². The maximum absolute atomic E-state index is 12.8. The lowest BCUT2D eigenvalue weighted by molar-refractivity contribution is -0.145. The number of benzene rings is 1. The highest BCUT2D eigenvalue weighted by atomic mass is 16.6. The summed E-state index contributed by atoms with van der Waals surface area (Å²) in [6, 6.07) is 7.13. The lowest BCUT2D eigenvalue weighted by Gasteiger charge is -2.23. The third-order valence-electron chi connectivity index (χ3n) is 7.08. The summed E-state index contributed by atoms with van der Waals surface area (Å²) in [5.41, 5.74) is 1.32. The second-order valence-corrected chi connectivity index (χ2v) is 8.70. The van der Waals surface area contributed by atoms with E-state index >= 15 is 0 Å². The minimum absolute atomic E-state index is 0.0378. The van der Waals surface area contributed by atoms with Gasteiger partial charge in [0.25, 0.3) is 5.91 Å². The van der Waals surface area contributed by atoms with Gasteiger partial charge in [0, 0.05) is 30.3 Å². The molecule has 4 fully saturated rings. The van der Waals surface area contributed by atoms with Crippen LogP contribution in [0.1, 0.15) is 48.9 Å². The van der Waals surface area contributed by atoms with Crippen LogP contribution in [0.2, 0.25) is 0 Å². The van der Waals surface area contributed by atoms with Crippen molar-refractivity contribution >= 4 is 23.5 Å². The normalized spacial score (nSPS) is 33.5. The van der Waals surface area contributed by atoms with Crippen LogP contribution in [0.15, 0.2) is 24.3 Å². The number of rotatable bonds is 3. The number of carbonyl (C=O) groups excluding carboxylic acids is 3. The number of nitrogens with one attached hydrogen (secondary N) is 1. The zero-order chi connectivity index (χ0) is 19.3. The first-order chi connectivity index (χ1) is 13.6. The molecule has 5 rings (SSSR count).